The SMILES string of the molecule is C/C(=C\C(NC(=O)OC(C)(C)C)NC(=O)OC(C)(C)C)c1ccc(Nc2cc(NC(=O)OC3CC3)n3ncc(C#N)c3n2)cc1CS(C)=O. The molecule has 0 radical (unpaired) electrons. The molecule has 15 nitrogen and oxygen atoms in total. The summed E-state index contributed by atoms with van der Waals surface area (Å²) in [7, 11) is -1.24. The fourth-order valence-electron chi connectivity index (χ4n) is 4.54. The maximum atomic E-state index is 12.7. The number of hydrogen-bond donors (Lipinski definition) is 4. The van der Waals surface area contributed by atoms with Crippen molar-refractivity contribution in [2.24, 2.45) is 0 Å². The molecule has 0 saturated heterocycles. The molecule has 49 heavy (non-hydrogen) atoms. The average Bonchev–Trinajstić information content (AvgIpc) is 3.65. The molecule has 16 heteroatoms. The molecule has 3 aromatic rings. The molecule has 2 aromatic heterocycles. The van der Waals surface area contributed by atoms with Gasteiger partial charge in [-0.3, -0.25) is 20.2 Å². The van der Waals surface area contributed by atoms with Crippen molar-refractivity contribution >= 4 is 57.6 Å². The highest BCUT2D eigenvalue weighted by Gasteiger charge is 2.27. The number of carbonyl (C=O) groups is 3. The number of allylic oxidation sites excluding steroid dienone is 1. The Morgan fingerprint density at radius 1 is 1.06 bits per heavy atom. The van der Waals surface area contributed by atoms with Crippen LogP contribution in [0.3, 0.4) is 0 Å². The van der Waals surface area contributed by atoms with Crippen LogP contribution in [0.4, 0.5) is 31.7 Å². The number of nitrogens with zero attached hydrogens (tertiary/aromatic N) is 4. The molecule has 1 unspecified atom stereocenters. The smallest absolute Gasteiger partial charge is 0.413 e. The molecule has 1 aliphatic rings. The van der Waals surface area contributed by atoms with Crippen LogP contribution in [0.15, 0.2) is 36.5 Å². The number of rotatable bonds is 10. The van der Waals surface area contributed by atoms with E-state index < -0.39 is 46.4 Å². The maximum Gasteiger partial charge on any atom is 0.413 e. The van der Waals surface area contributed by atoms with Crippen LogP contribution in [0.2, 0.25) is 0 Å². The van der Waals surface area contributed by atoms with E-state index in [-0.39, 0.29) is 28.9 Å². The predicted octanol–water partition coefficient (Wildman–Crippen LogP) is 5.71. The van der Waals surface area contributed by atoms with E-state index in [1.54, 1.807) is 85.1 Å². The summed E-state index contributed by atoms with van der Waals surface area (Å²) in [5.74, 6) is 0.733. The van der Waals surface area contributed by atoms with Gasteiger partial charge in [0.2, 0.25) is 0 Å². The van der Waals surface area contributed by atoms with Gasteiger partial charge in [-0.05, 0) is 96.2 Å². The van der Waals surface area contributed by atoms with Crippen molar-refractivity contribution in [2.75, 3.05) is 16.9 Å². The molecule has 262 valence electrons. The quantitative estimate of drug-likeness (QED) is 0.150. The Morgan fingerprint density at radius 2 is 1.69 bits per heavy atom. The second kappa shape index (κ2) is 14.9. The van der Waals surface area contributed by atoms with Gasteiger partial charge in [0.1, 0.15) is 46.7 Å². The molecule has 4 N–H and O–H groups in total. The molecule has 3 amide bonds. The average molecular weight is 695 g/mol. The Morgan fingerprint density at radius 3 is 2.24 bits per heavy atom. The minimum Gasteiger partial charge on any atom is -0.446 e. The largest absolute Gasteiger partial charge is 0.446 e. The normalized spacial score (nSPS) is 14.1. The molecule has 0 spiro atoms. The first kappa shape index (κ1) is 36.7. The fourth-order valence-corrected chi connectivity index (χ4v) is 5.21. The number of nitrogens with one attached hydrogen (secondary N) is 4. The summed E-state index contributed by atoms with van der Waals surface area (Å²) in [4.78, 5) is 42.3. The zero-order chi connectivity index (χ0) is 36.1. The fraction of sp³-hybridized carbons (Fsp3) is 0.455. The first-order chi connectivity index (χ1) is 22.9. The van der Waals surface area contributed by atoms with Crippen molar-refractivity contribution in [1.29, 1.82) is 5.26 Å². The summed E-state index contributed by atoms with van der Waals surface area (Å²) >= 11 is 0. The number of amides is 3. The zero-order valence-corrected chi connectivity index (χ0v) is 29.6. The molecule has 4 rings (SSSR count). The van der Waals surface area contributed by atoms with Crippen LogP contribution in [-0.4, -0.2) is 66.8 Å². The van der Waals surface area contributed by atoms with Crippen molar-refractivity contribution in [3.63, 3.8) is 0 Å². The maximum absolute atomic E-state index is 12.7. The van der Waals surface area contributed by atoms with E-state index in [4.69, 9.17) is 14.2 Å². The van der Waals surface area contributed by atoms with E-state index in [2.05, 4.69) is 31.3 Å². The Balaban J connectivity index is 1.65. The van der Waals surface area contributed by atoms with Gasteiger partial charge in [0, 0.05) is 34.6 Å². The van der Waals surface area contributed by atoms with Gasteiger partial charge in [-0.25, -0.2) is 19.4 Å². The standard InChI is InChI=1S/C33H42N8O7S/c1-19(13-25(38-30(43)47-32(2,3)4)39-31(44)48-33(5,6)7)24-12-9-22(14-20(24)18-49(8)45)36-26-15-27(40-29(42)46-23-10-11-23)41-28(37-26)21(16-34)17-35-41/h9,12-15,17,23,25H,10-11,18H2,1-8H3,(H,36,37)(H,38,43)(H,39,44)(H,40,42)/b19-13+. The third-order valence-electron chi connectivity index (χ3n) is 6.54. The first-order valence-corrected chi connectivity index (χ1v) is 17.3. The topological polar surface area (TPSA) is 198 Å². The Labute approximate surface area is 287 Å². The lowest BCUT2D eigenvalue weighted by atomic mass is 10.00. The van der Waals surface area contributed by atoms with Gasteiger partial charge in [0.05, 0.1) is 6.20 Å². The highest BCUT2D eigenvalue weighted by atomic mass is 32.2. The van der Waals surface area contributed by atoms with Crippen LogP contribution < -0.4 is 21.3 Å². The molecule has 1 atom stereocenters. The number of hydrogen-bond acceptors (Lipinski definition) is 11. The van der Waals surface area contributed by atoms with Crippen LogP contribution in [0.25, 0.3) is 11.2 Å². The zero-order valence-electron chi connectivity index (χ0n) is 28.8. The van der Waals surface area contributed by atoms with Crippen molar-refractivity contribution in [3.8, 4) is 6.07 Å². The van der Waals surface area contributed by atoms with Crippen LogP contribution in [0.1, 0.15) is 78.0 Å². The summed E-state index contributed by atoms with van der Waals surface area (Å²) < 4.78 is 29.9. The molecule has 1 fully saturated rings. The van der Waals surface area contributed by atoms with E-state index in [0.29, 0.717) is 28.2 Å². The van der Waals surface area contributed by atoms with E-state index in [1.165, 1.54) is 10.7 Å². The Bertz CT molecular complexity index is 1800. The molecular formula is C33H42N8O7S. The van der Waals surface area contributed by atoms with Crippen LogP contribution >= 0.6 is 0 Å². The van der Waals surface area contributed by atoms with Crippen molar-refractivity contribution in [3.05, 3.63) is 53.2 Å². The van der Waals surface area contributed by atoms with Crippen molar-refractivity contribution < 1.29 is 32.8 Å². The van der Waals surface area contributed by atoms with Gasteiger partial charge >= 0.3 is 18.3 Å². The molecule has 1 aromatic carbocycles. The highest BCUT2D eigenvalue weighted by Crippen LogP contribution is 2.28. The third kappa shape index (κ3) is 11.2. The monoisotopic (exact) mass is 694 g/mol. The number of fused-ring (bicyclic) bond motifs is 1. The lowest BCUT2D eigenvalue weighted by Gasteiger charge is -2.25. The number of aromatic nitrogens is 3. The molecular weight excluding hydrogens is 652 g/mol. The third-order valence-corrected chi connectivity index (χ3v) is 7.26. The minimum absolute atomic E-state index is 0.114. The summed E-state index contributed by atoms with van der Waals surface area (Å²) in [5.41, 5.74) is 1.52. The van der Waals surface area contributed by atoms with Gasteiger partial charge in [-0.2, -0.15) is 14.9 Å². The number of ether oxygens (including phenoxy) is 3. The van der Waals surface area contributed by atoms with Gasteiger partial charge in [-0.1, -0.05) is 6.07 Å². The van der Waals surface area contributed by atoms with Crippen molar-refractivity contribution in [2.45, 2.75) is 90.5 Å². The predicted molar refractivity (Wildman–Crippen MR) is 185 cm³/mol. The Kier molecular flexibility index (Phi) is 11.2. The molecule has 2 heterocycles. The van der Waals surface area contributed by atoms with Gasteiger partial charge < -0.3 is 19.5 Å². The van der Waals surface area contributed by atoms with Gasteiger partial charge in [-0.15, -0.1) is 0 Å². The van der Waals surface area contributed by atoms with E-state index in [9.17, 15) is 23.9 Å². The van der Waals surface area contributed by atoms with E-state index >= 15 is 0 Å². The van der Waals surface area contributed by atoms with Crippen LogP contribution in [0.5, 0.6) is 0 Å². The number of benzene rings is 1. The summed E-state index contributed by atoms with van der Waals surface area (Å²) in [6.07, 6.45) is 2.92. The van der Waals surface area contributed by atoms with E-state index in [1.807, 2.05) is 6.07 Å². The molecule has 1 saturated carbocycles. The molecule has 1 aliphatic carbocycles. The lowest BCUT2D eigenvalue weighted by molar-refractivity contribution is 0.0447. The second-order valence-electron chi connectivity index (χ2n) is 13.5. The highest BCUT2D eigenvalue weighted by molar-refractivity contribution is 7.83. The van der Waals surface area contributed by atoms with Crippen LogP contribution in [-0.2, 0) is 30.8 Å². The molecule has 0 aliphatic heterocycles. The minimum atomic E-state index is -1.24. The Hall–Kier alpha value is -5.17. The van der Waals surface area contributed by atoms with Crippen LogP contribution in [0, 0.1) is 11.3 Å². The summed E-state index contributed by atoms with van der Waals surface area (Å²) in [5, 5.41) is 25.0. The lowest BCUT2D eigenvalue weighted by Crippen LogP contribution is -2.49. The summed E-state index contributed by atoms with van der Waals surface area (Å²) in [6.45, 7) is 12.1. The number of alkyl carbamates (subject to hydrolysis) is 2. The number of nitriles is 1. The number of carbonyl (C=O) groups excluding carboxylic acids is 3. The van der Waals surface area contributed by atoms with E-state index in [0.717, 1.165) is 12.8 Å². The van der Waals surface area contributed by atoms with Gasteiger partial charge in [0.25, 0.3) is 0 Å². The van der Waals surface area contributed by atoms with Crippen molar-refractivity contribution in [1.82, 2.24) is 25.2 Å². The second-order valence-corrected chi connectivity index (χ2v) is 14.9. The first-order valence-electron chi connectivity index (χ1n) is 15.5. The molecule has 0 bridgehead atoms. The number of anilines is 3. The van der Waals surface area contributed by atoms with Gasteiger partial charge in [0.15, 0.2) is 5.65 Å². The summed E-state index contributed by atoms with van der Waals surface area (Å²) in [6, 6.07) is 8.98.